The molecule has 2 unspecified atom stereocenters. The van der Waals surface area contributed by atoms with Gasteiger partial charge in [-0.2, -0.15) is 0 Å². The van der Waals surface area contributed by atoms with Crippen molar-refractivity contribution in [1.82, 2.24) is 5.32 Å². The minimum absolute atomic E-state index is 0. The number of carbonyl (C=O) groups excluding carboxylic acids is 1. The highest BCUT2D eigenvalue weighted by Crippen LogP contribution is 2.43. The van der Waals surface area contributed by atoms with Crippen LogP contribution in [-0.2, 0) is 11.2 Å². The van der Waals surface area contributed by atoms with Crippen LogP contribution >= 0.6 is 12.4 Å². The predicted octanol–water partition coefficient (Wildman–Crippen LogP) is 4.27. The lowest BCUT2D eigenvalue weighted by Gasteiger charge is -2.42. The van der Waals surface area contributed by atoms with E-state index in [1.54, 1.807) is 0 Å². The maximum absolute atomic E-state index is 12.6. The zero-order valence-corrected chi connectivity index (χ0v) is 16.2. The predicted molar refractivity (Wildman–Crippen MR) is 109 cm³/mol. The van der Waals surface area contributed by atoms with Crippen LogP contribution in [0, 0.1) is 11.3 Å². The van der Waals surface area contributed by atoms with Gasteiger partial charge in [0.1, 0.15) is 0 Å². The van der Waals surface area contributed by atoms with Crippen LogP contribution in [-0.4, -0.2) is 12.5 Å². The summed E-state index contributed by atoms with van der Waals surface area (Å²) in [6.45, 7) is 2.66. The van der Waals surface area contributed by atoms with E-state index >= 15 is 0 Å². The van der Waals surface area contributed by atoms with Crippen molar-refractivity contribution in [3.63, 3.8) is 0 Å². The fourth-order valence-corrected chi connectivity index (χ4v) is 3.68. The molecule has 3 nitrogen and oxygen atoms in total. The van der Waals surface area contributed by atoms with Crippen molar-refractivity contribution in [3.8, 4) is 0 Å². The Morgan fingerprint density at radius 2 is 1.65 bits per heavy atom. The Morgan fingerprint density at radius 3 is 2.19 bits per heavy atom. The van der Waals surface area contributed by atoms with Gasteiger partial charge in [0.15, 0.2) is 0 Å². The molecule has 26 heavy (non-hydrogen) atoms. The van der Waals surface area contributed by atoms with Crippen LogP contribution < -0.4 is 11.1 Å². The van der Waals surface area contributed by atoms with Gasteiger partial charge >= 0.3 is 0 Å². The van der Waals surface area contributed by atoms with Gasteiger partial charge in [-0.15, -0.1) is 12.4 Å². The monoisotopic (exact) mass is 372 g/mol. The molecular formula is C22H29ClN2O. The lowest BCUT2D eigenvalue weighted by Crippen LogP contribution is -2.46. The first kappa shape index (κ1) is 20.5. The van der Waals surface area contributed by atoms with Crippen LogP contribution in [0.5, 0.6) is 0 Å². The number of benzene rings is 2. The molecule has 0 aromatic heterocycles. The number of amides is 1. The van der Waals surface area contributed by atoms with Crippen molar-refractivity contribution >= 4 is 18.3 Å². The Hall–Kier alpha value is -1.84. The summed E-state index contributed by atoms with van der Waals surface area (Å²) >= 11 is 0. The highest BCUT2D eigenvalue weighted by molar-refractivity contribution is 5.85. The van der Waals surface area contributed by atoms with Crippen LogP contribution in [0.1, 0.15) is 43.4 Å². The van der Waals surface area contributed by atoms with E-state index in [9.17, 15) is 4.79 Å². The van der Waals surface area contributed by atoms with Crippen molar-refractivity contribution in [2.24, 2.45) is 17.1 Å². The summed E-state index contributed by atoms with van der Waals surface area (Å²) in [7, 11) is 0. The third-order valence-corrected chi connectivity index (χ3v) is 5.61. The molecule has 0 spiro atoms. The molecule has 1 amide bonds. The molecule has 0 heterocycles. The summed E-state index contributed by atoms with van der Waals surface area (Å²) in [5.74, 6) is -0.188. The summed E-state index contributed by atoms with van der Waals surface area (Å²) in [5.41, 5.74) is 8.86. The number of carbonyl (C=O) groups is 1. The molecule has 0 radical (unpaired) electrons. The summed E-state index contributed by atoms with van der Waals surface area (Å²) in [5, 5.41) is 3.18. The van der Waals surface area contributed by atoms with Gasteiger partial charge in [-0.05, 0) is 35.8 Å². The number of rotatable bonds is 7. The second-order valence-corrected chi connectivity index (χ2v) is 7.46. The first-order valence-electron chi connectivity index (χ1n) is 9.22. The van der Waals surface area contributed by atoms with Crippen molar-refractivity contribution in [2.45, 2.75) is 38.6 Å². The molecule has 2 atom stereocenters. The number of hydrogen-bond acceptors (Lipinski definition) is 2. The van der Waals surface area contributed by atoms with Crippen molar-refractivity contribution in [2.75, 3.05) is 6.54 Å². The van der Waals surface area contributed by atoms with Gasteiger partial charge in [0, 0.05) is 12.6 Å². The van der Waals surface area contributed by atoms with Gasteiger partial charge < -0.3 is 11.1 Å². The summed E-state index contributed by atoms with van der Waals surface area (Å²) in [6, 6.07) is 20.2. The Kier molecular flexibility index (Phi) is 7.24. The Morgan fingerprint density at radius 1 is 1.08 bits per heavy atom. The van der Waals surface area contributed by atoms with E-state index in [0.29, 0.717) is 0 Å². The van der Waals surface area contributed by atoms with Crippen LogP contribution in [0.15, 0.2) is 60.7 Å². The molecule has 2 aromatic carbocycles. The van der Waals surface area contributed by atoms with E-state index in [0.717, 1.165) is 18.5 Å². The summed E-state index contributed by atoms with van der Waals surface area (Å²) in [4.78, 5) is 12.6. The molecule has 1 saturated carbocycles. The molecule has 0 saturated heterocycles. The Labute approximate surface area is 162 Å². The molecule has 140 valence electrons. The number of hydrogen-bond donors (Lipinski definition) is 2. The Bertz CT molecular complexity index is 686. The van der Waals surface area contributed by atoms with Gasteiger partial charge in [-0.3, -0.25) is 4.79 Å². The lowest BCUT2D eigenvalue weighted by molar-refractivity contribution is -0.126. The minimum Gasteiger partial charge on any atom is -0.355 e. The molecule has 3 rings (SSSR count). The summed E-state index contributed by atoms with van der Waals surface area (Å²) in [6.07, 6.45) is 4.65. The molecule has 4 heteroatoms. The van der Waals surface area contributed by atoms with Crippen molar-refractivity contribution in [1.29, 1.82) is 0 Å². The topological polar surface area (TPSA) is 55.1 Å². The molecule has 1 aliphatic carbocycles. The highest BCUT2D eigenvalue weighted by atomic mass is 35.5. The largest absolute Gasteiger partial charge is 0.355 e. The van der Waals surface area contributed by atoms with Gasteiger partial charge in [0.05, 0.1) is 5.92 Å². The fraction of sp³-hybridized carbons (Fsp3) is 0.409. The van der Waals surface area contributed by atoms with E-state index in [2.05, 4.69) is 29.6 Å². The van der Waals surface area contributed by atoms with Crippen molar-refractivity contribution in [3.05, 3.63) is 71.8 Å². The second-order valence-electron chi connectivity index (χ2n) is 7.46. The van der Waals surface area contributed by atoms with Gasteiger partial charge in [-0.25, -0.2) is 0 Å². The third-order valence-electron chi connectivity index (χ3n) is 5.61. The third kappa shape index (κ3) is 4.87. The average molecular weight is 373 g/mol. The molecule has 1 aliphatic rings. The van der Waals surface area contributed by atoms with Crippen LogP contribution in [0.25, 0.3) is 0 Å². The van der Waals surface area contributed by atoms with E-state index < -0.39 is 0 Å². The van der Waals surface area contributed by atoms with E-state index in [-0.39, 0.29) is 35.7 Å². The van der Waals surface area contributed by atoms with Gasteiger partial charge in [0.25, 0.3) is 0 Å². The van der Waals surface area contributed by atoms with E-state index in [1.165, 1.54) is 24.8 Å². The smallest absolute Gasteiger partial charge is 0.224 e. The summed E-state index contributed by atoms with van der Waals surface area (Å²) < 4.78 is 0. The molecule has 0 aliphatic heterocycles. The number of nitrogens with two attached hydrogens (primary N) is 1. The normalized spacial score (nSPS) is 17.3. The Balaban J connectivity index is 0.00000243. The number of nitrogens with one attached hydrogen (secondary N) is 1. The fourth-order valence-electron chi connectivity index (χ4n) is 3.68. The number of halogens is 1. The van der Waals surface area contributed by atoms with Crippen LogP contribution in [0.4, 0.5) is 0 Å². The zero-order valence-electron chi connectivity index (χ0n) is 15.4. The molecule has 0 bridgehead atoms. The zero-order chi connectivity index (χ0) is 17.7. The molecule has 1 fully saturated rings. The first-order valence-corrected chi connectivity index (χ1v) is 9.22. The second kappa shape index (κ2) is 9.20. The molecular weight excluding hydrogens is 344 g/mol. The van der Waals surface area contributed by atoms with Gasteiger partial charge in [0.2, 0.25) is 5.91 Å². The molecule has 2 aromatic rings. The van der Waals surface area contributed by atoms with Crippen LogP contribution in [0.2, 0.25) is 0 Å². The lowest BCUT2D eigenvalue weighted by atomic mass is 9.65. The van der Waals surface area contributed by atoms with Crippen LogP contribution in [0.3, 0.4) is 0 Å². The minimum atomic E-state index is -0.271. The maximum Gasteiger partial charge on any atom is 0.224 e. The van der Waals surface area contributed by atoms with Crippen molar-refractivity contribution < 1.29 is 4.79 Å². The highest BCUT2D eigenvalue weighted by Gasteiger charge is 2.37. The maximum atomic E-state index is 12.6. The van der Waals surface area contributed by atoms with E-state index in [4.69, 9.17) is 5.73 Å². The first-order chi connectivity index (χ1) is 12.1. The van der Waals surface area contributed by atoms with E-state index in [1.807, 2.05) is 43.3 Å². The SMILES string of the molecule is CC(C(=O)NCC1(Cc2ccccc2)CCC1)C(N)c1ccccc1.Cl. The standard InChI is InChI=1S/C22H28N2O.ClH/c1-17(20(23)19-11-6-3-7-12-19)21(25)24-16-22(13-8-14-22)15-18-9-4-2-5-10-18;/h2-7,9-12,17,20H,8,13-16,23H2,1H3,(H,24,25);1H. The van der Waals surface area contributed by atoms with Gasteiger partial charge in [-0.1, -0.05) is 74.0 Å². The molecule has 3 N–H and O–H groups in total. The average Bonchev–Trinajstić information content (AvgIpc) is 2.63. The quantitative estimate of drug-likeness (QED) is 0.762.